The molecule has 1 fully saturated rings. The van der Waals surface area contributed by atoms with Crippen molar-refractivity contribution >= 4 is 12.1 Å². The van der Waals surface area contributed by atoms with E-state index < -0.39 is 0 Å². The zero-order valence-corrected chi connectivity index (χ0v) is 20.2. The Kier molecular flexibility index (Phi) is 9.95. The minimum absolute atomic E-state index is 0. The Hall–Kier alpha value is -3.30. The number of methoxy groups -OCH3 is 1. The molecular formula is C27H36N2O7. The van der Waals surface area contributed by atoms with E-state index in [-0.39, 0.29) is 44.5 Å². The summed E-state index contributed by atoms with van der Waals surface area (Å²) in [7, 11) is 3.02. The molecule has 2 aliphatic heterocycles. The molecule has 0 radical (unpaired) electrons. The third-order valence-corrected chi connectivity index (χ3v) is 6.35. The monoisotopic (exact) mass is 500 g/mol. The second-order valence-electron chi connectivity index (χ2n) is 8.59. The van der Waals surface area contributed by atoms with Crippen molar-refractivity contribution in [3.8, 4) is 11.5 Å². The van der Waals surface area contributed by atoms with Crippen LogP contribution < -0.4 is 9.47 Å². The number of ether oxygens (including phenoxy) is 4. The Morgan fingerprint density at radius 3 is 2.64 bits per heavy atom. The van der Waals surface area contributed by atoms with Gasteiger partial charge in [-0.3, -0.25) is 4.79 Å². The minimum atomic E-state index is -0.328. The lowest BCUT2D eigenvalue weighted by Gasteiger charge is -2.39. The van der Waals surface area contributed by atoms with E-state index in [0.717, 1.165) is 16.9 Å². The zero-order chi connectivity index (χ0) is 24.6. The molecule has 2 atom stereocenters. The molecule has 2 aromatic rings. The number of piperazine rings is 1. The summed E-state index contributed by atoms with van der Waals surface area (Å²) < 4.78 is 22.0. The lowest BCUT2D eigenvalue weighted by Crippen LogP contribution is -2.54. The number of carbonyl (C=O) groups excluding carboxylic acids is 2. The maximum absolute atomic E-state index is 12.6. The highest BCUT2D eigenvalue weighted by molar-refractivity contribution is 5.71. The molecule has 36 heavy (non-hydrogen) atoms. The first-order chi connectivity index (χ1) is 17.1. The molecule has 1 unspecified atom stereocenters. The molecule has 9 heteroatoms. The summed E-state index contributed by atoms with van der Waals surface area (Å²) in [6.07, 6.45) is 0.606. The van der Waals surface area contributed by atoms with E-state index >= 15 is 0 Å². The average Bonchev–Trinajstić information content (AvgIpc) is 3.29. The van der Waals surface area contributed by atoms with E-state index in [9.17, 15) is 9.59 Å². The smallest absolute Gasteiger partial charge is 0.410 e. The molecule has 9 nitrogen and oxygen atoms in total. The largest absolute Gasteiger partial charge is 0.494 e. The molecule has 0 saturated carbocycles. The van der Waals surface area contributed by atoms with Gasteiger partial charge in [0, 0.05) is 37.5 Å². The van der Waals surface area contributed by atoms with Crippen molar-refractivity contribution in [3.05, 3.63) is 59.7 Å². The van der Waals surface area contributed by atoms with Gasteiger partial charge in [-0.1, -0.05) is 37.8 Å². The van der Waals surface area contributed by atoms with E-state index in [1.807, 2.05) is 53.6 Å². The molecule has 1 amide bonds. The molecule has 0 aromatic heterocycles. The topological polar surface area (TPSA) is 86.8 Å². The zero-order valence-electron chi connectivity index (χ0n) is 20.2. The predicted octanol–water partition coefficient (Wildman–Crippen LogP) is 4.02. The van der Waals surface area contributed by atoms with Gasteiger partial charge >= 0.3 is 12.1 Å². The normalized spacial score (nSPS) is 19.0. The highest BCUT2D eigenvalue weighted by Gasteiger charge is 2.31. The first-order valence-electron chi connectivity index (χ1n) is 11.8. The lowest BCUT2D eigenvalue weighted by atomic mass is 9.98. The molecule has 2 heterocycles. The number of fused-ring (bicyclic) bond motifs is 1. The number of nitrogens with zero attached hydrogens (tertiary/aromatic N) is 2. The molecule has 2 aromatic carbocycles. The van der Waals surface area contributed by atoms with E-state index in [1.54, 1.807) is 12.0 Å². The van der Waals surface area contributed by atoms with Crippen LogP contribution in [0, 0.1) is 0 Å². The van der Waals surface area contributed by atoms with Crippen molar-refractivity contribution in [2.45, 2.75) is 38.8 Å². The minimum Gasteiger partial charge on any atom is -0.494 e. The Bertz CT molecular complexity index is 1000. The molecule has 2 aliphatic rings. The average molecular weight is 501 g/mol. The Morgan fingerprint density at radius 1 is 1.08 bits per heavy atom. The van der Waals surface area contributed by atoms with E-state index in [4.69, 9.17) is 23.8 Å². The Labute approximate surface area is 212 Å². The van der Waals surface area contributed by atoms with Gasteiger partial charge in [-0.2, -0.15) is 5.06 Å². The summed E-state index contributed by atoms with van der Waals surface area (Å²) in [5.41, 5.74) is 1.91. The van der Waals surface area contributed by atoms with Crippen molar-refractivity contribution in [1.29, 1.82) is 0 Å². The second-order valence-corrected chi connectivity index (χ2v) is 8.59. The maximum atomic E-state index is 12.6. The third-order valence-electron chi connectivity index (χ3n) is 6.35. The van der Waals surface area contributed by atoms with Crippen molar-refractivity contribution in [1.82, 2.24) is 9.96 Å². The van der Waals surface area contributed by atoms with Crippen LogP contribution in [0.3, 0.4) is 0 Å². The summed E-state index contributed by atoms with van der Waals surface area (Å²) in [6.45, 7) is 2.76. The maximum Gasteiger partial charge on any atom is 0.410 e. The predicted molar refractivity (Wildman–Crippen MR) is 134 cm³/mol. The molecule has 4 rings (SSSR count). The molecule has 0 bridgehead atoms. The van der Waals surface area contributed by atoms with Crippen molar-refractivity contribution < 1.29 is 33.4 Å². The number of hydroxylamine groups is 2. The standard InChI is InChI=1S/C26H32N2O7.CH4/c1-31-25(29)14-20-18-34-24-9-8-22(15-23(20)24)33-13-10-21-16-27(11-12-28(21)32-2)26(30)35-17-19-6-4-3-5-7-19;/h3-9,15,20-21H,10-14,16-18H2,1-2H3;1H4/t20?,21-;/m1./s1. The van der Waals surface area contributed by atoms with Crippen LogP contribution in [0.25, 0.3) is 0 Å². The second kappa shape index (κ2) is 13.1. The van der Waals surface area contributed by atoms with Crippen LogP contribution in [-0.4, -0.2) is 75.1 Å². The van der Waals surface area contributed by atoms with Crippen LogP contribution in [0.1, 0.15) is 37.3 Å². The van der Waals surface area contributed by atoms with Gasteiger partial charge in [0.15, 0.2) is 0 Å². The summed E-state index contributed by atoms with van der Waals surface area (Å²) >= 11 is 0. The highest BCUT2D eigenvalue weighted by atomic mass is 16.7. The molecular weight excluding hydrogens is 464 g/mol. The number of carbonyl (C=O) groups is 2. The quantitative estimate of drug-likeness (QED) is 0.478. The fourth-order valence-corrected chi connectivity index (χ4v) is 4.40. The molecule has 0 spiro atoms. The Morgan fingerprint density at radius 2 is 1.89 bits per heavy atom. The number of esters is 1. The lowest BCUT2D eigenvalue weighted by molar-refractivity contribution is -0.184. The van der Waals surface area contributed by atoms with Gasteiger partial charge in [0.1, 0.15) is 18.1 Å². The van der Waals surface area contributed by atoms with Crippen LogP contribution >= 0.6 is 0 Å². The first-order valence-corrected chi connectivity index (χ1v) is 11.8. The number of hydrogen-bond acceptors (Lipinski definition) is 8. The highest BCUT2D eigenvalue weighted by Crippen LogP contribution is 2.38. The van der Waals surface area contributed by atoms with Crippen LogP contribution in [0.5, 0.6) is 11.5 Å². The molecule has 196 valence electrons. The van der Waals surface area contributed by atoms with Gasteiger partial charge in [0.2, 0.25) is 0 Å². The van der Waals surface area contributed by atoms with Crippen molar-refractivity contribution in [3.63, 3.8) is 0 Å². The van der Waals surface area contributed by atoms with Gasteiger partial charge in [0.05, 0.1) is 39.9 Å². The molecule has 1 saturated heterocycles. The molecule has 0 N–H and O–H groups in total. The van der Waals surface area contributed by atoms with Gasteiger partial charge in [0.25, 0.3) is 0 Å². The number of rotatable bonds is 9. The van der Waals surface area contributed by atoms with Crippen LogP contribution in [0.4, 0.5) is 4.79 Å². The summed E-state index contributed by atoms with van der Waals surface area (Å²) in [4.78, 5) is 31.5. The van der Waals surface area contributed by atoms with Gasteiger partial charge in [-0.05, 0) is 23.8 Å². The van der Waals surface area contributed by atoms with Crippen molar-refractivity contribution in [2.75, 3.05) is 47.1 Å². The summed E-state index contributed by atoms with van der Waals surface area (Å²) in [5, 5.41) is 1.88. The van der Waals surface area contributed by atoms with Gasteiger partial charge in [-0.25, -0.2) is 4.79 Å². The van der Waals surface area contributed by atoms with Crippen LogP contribution in [0.15, 0.2) is 48.5 Å². The van der Waals surface area contributed by atoms with Crippen LogP contribution in [0.2, 0.25) is 0 Å². The molecule has 0 aliphatic carbocycles. The SMILES string of the molecule is C.COC(=O)CC1COc2ccc(OCC[C@@H]3CN(C(=O)OCc4ccccc4)CCN3OC)cc21. The van der Waals surface area contributed by atoms with Crippen molar-refractivity contribution in [2.24, 2.45) is 0 Å². The van der Waals surface area contributed by atoms with E-state index in [0.29, 0.717) is 45.0 Å². The fourth-order valence-electron chi connectivity index (χ4n) is 4.40. The fraction of sp³-hybridized carbons (Fsp3) is 0.481. The summed E-state index contributed by atoms with van der Waals surface area (Å²) in [5.74, 6) is 1.18. The number of amides is 1. The van der Waals surface area contributed by atoms with E-state index in [2.05, 4.69) is 0 Å². The number of hydrogen-bond donors (Lipinski definition) is 0. The summed E-state index contributed by atoms with van der Waals surface area (Å²) in [6, 6.07) is 15.3. The number of benzene rings is 2. The first kappa shape index (κ1) is 27.3. The van der Waals surface area contributed by atoms with Crippen LogP contribution in [-0.2, 0) is 25.7 Å². The Balaban J connectivity index is 0.00000361. The van der Waals surface area contributed by atoms with E-state index in [1.165, 1.54) is 7.11 Å². The van der Waals surface area contributed by atoms with Gasteiger partial charge < -0.3 is 28.7 Å². The third kappa shape index (κ3) is 6.89. The van der Waals surface area contributed by atoms with Gasteiger partial charge in [-0.15, -0.1) is 0 Å².